The number of hydrogen-bond acceptors (Lipinski definition) is 0. The standard InChI is InChI=1S/C10H10F2/c1-6(2)8-4-5-9(11)7(3)10(8)12/h4-5H,1H2,2-3H3. The van der Waals surface area contributed by atoms with E-state index in [9.17, 15) is 8.78 Å². The van der Waals surface area contributed by atoms with Gasteiger partial charge in [0.1, 0.15) is 11.6 Å². The second-order valence-electron chi connectivity index (χ2n) is 2.81. The van der Waals surface area contributed by atoms with Crippen LogP contribution >= 0.6 is 0 Å². The number of benzene rings is 1. The van der Waals surface area contributed by atoms with Crippen LogP contribution in [0.1, 0.15) is 18.1 Å². The van der Waals surface area contributed by atoms with Crippen molar-refractivity contribution in [2.75, 3.05) is 0 Å². The largest absolute Gasteiger partial charge is 0.207 e. The summed E-state index contributed by atoms with van der Waals surface area (Å²) in [6, 6.07) is 2.66. The summed E-state index contributed by atoms with van der Waals surface area (Å²) < 4.78 is 26.0. The molecule has 0 spiro atoms. The minimum Gasteiger partial charge on any atom is -0.207 e. The molecule has 0 fully saturated rings. The minimum atomic E-state index is -0.516. The van der Waals surface area contributed by atoms with E-state index < -0.39 is 11.6 Å². The summed E-state index contributed by atoms with van der Waals surface area (Å²) in [5.74, 6) is -1.03. The molecule has 0 bridgehead atoms. The summed E-state index contributed by atoms with van der Waals surface area (Å²) in [6.45, 7) is 6.70. The molecule has 1 aromatic carbocycles. The fraction of sp³-hybridized carbons (Fsp3) is 0.200. The first-order valence-corrected chi connectivity index (χ1v) is 3.64. The molecule has 0 aliphatic heterocycles. The summed E-state index contributed by atoms with van der Waals surface area (Å²) in [5, 5.41) is 0. The van der Waals surface area contributed by atoms with Crippen LogP contribution in [0.4, 0.5) is 8.78 Å². The molecule has 12 heavy (non-hydrogen) atoms. The first-order valence-electron chi connectivity index (χ1n) is 3.64. The van der Waals surface area contributed by atoms with E-state index in [0.717, 1.165) is 0 Å². The second-order valence-corrected chi connectivity index (χ2v) is 2.81. The Morgan fingerprint density at radius 3 is 2.42 bits per heavy atom. The molecule has 0 aliphatic carbocycles. The van der Waals surface area contributed by atoms with E-state index in [1.165, 1.54) is 19.1 Å². The lowest BCUT2D eigenvalue weighted by Crippen LogP contribution is -1.93. The normalized spacial score (nSPS) is 10.0. The van der Waals surface area contributed by atoms with Gasteiger partial charge in [0.25, 0.3) is 0 Å². The summed E-state index contributed by atoms with van der Waals surface area (Å²) in [7, 11) is 0. The molecular formula is C10H10F2. The van der Waals surface area contributed by atoms with Crippen molar-refractivity contribution in [3.8, 4) is 0 Å². The van der Waals surface area contributed by atoms with Crippen LogP contribution in [-0.4, -0.2) is 0 Å². The van der Waals surface area contributed by atoms with E-state index in [4.69, 9.17) is 0 Å². The fourth-order valence-electron chi connectivity index (χ4n) is 0.991. The van der Waals surface area contributed by atoms with E-state index in [-0.39, 0.29) is 5.56 Å². The average Bonchev–Trinajstić information content (AvgIpc) is 2.00. The van der Waals surface area contributed by atoms with Crippen LogP contribution in [0.15, 0.2) is 18.7 Å². The molecule has 1 aromatic rings. The topological polar surface area (TPSA) is 0 Å². The maximum absolute atomic E-state index is 13.2. The molecule has 0 saturated heterocycles. The Morgan fingerprint density at radius 2 is 1.92 bits per heavy atom. The smallest absolute Gasteiger partial charge is 0.136 e. The highest BCUT2D eigenvalue weighted by Crippen LogP contribution is 2.20. The second kappa shape index (κ2) is 3.05. The Labute approximate surface area is 70.5 Å². The lowest BCUT2D eigenvalue weighted by molar-refractivity contribution is 0.566. The van der Waals surface area contributed by atoms with Crippen molar-refractivity contribution in [2.24, 2.45) is 0 Å². The molecular weight excluding hydrogens is 158 g/mol. The van der Waals surface area contributed by atoms with Crippen molar-refractivity contribution in [1.82, 2.24) is 0 Å². The van der Waals surface area contributed by atoms with Crippen LogP contribution < -0.4 is 0 Å². The van der Waals surface area contributed by atoms with Crippen molar-refractivity contribution in [3.63, 3.8) is 0 Å². The molecule has 0 aromatic heterocycles. The van der Waals surface area contributed by atoms with Crippen LogP contribution in [0, 0.1) is 18.6 Å². The molecule has 0 amide bonds. The maximum atomic E-state index is 13.2. The van der Waals surface area contributed by atoms with Crippen molar-refractivity contribution in [3.05, 3.63) is 41.5 Å². The molecule has 0 aliphatic rings. The highest BCUT2D eigenvalue weighted by Gasteiger charge is 2.09. The number of halogens is 2. The van der Waals surface area contributed by atoms with Crippen molar-refractivity contribution >= 4 is 5.57 Å². The average molecular weight is 168 g/mol. The third-order valence-electron chi connectivity index (χ3n) is 1.78. The van der Waals surface area contributed by atoms with Crippen molar-refractivity contribution in [2.45, 2.75) is 13.8 Å². The first-order chi connectivity index (χ1) is 5.54. The van der Waals surface area contributed by atoms with Crippen LogP contribution in [0.3, 0.4) is 0 Å². The highest BCUT2D eigenvalue weighted by molar-refractivity contribution is 5.62. The lowest BCUT2D eigenvalue weighted by Gasteiger charge is -2.04. The van der Waals surface area contributed by atoms with Gasteiger partial charge >= 0.3 is 0 Å². The van der Waals surface area contributed by atoms with Crippen LogP contribution in [0.25, 0.3) is 5.57 Å². The molecule has 2 heteroatoms. The van der Waals surface area contributed by atoms with Gasteiger partial charge in [-0.25, -0.2) is 8.78 Å². The lowest BCUT2D eigenvalue weighted by atomic mass is 10.1. The monoisotopic (exact) mass is 168 g/mol. The molecule has 0 unspecified atom stereocenters. The van der Waals surface area contributed by atoms with Crippen molar-refractivity contribution in [1.29, 1.82) is 0 Å². The Balaban J connectivity index is 3.36. The molecule has 0 N–H and O–H groups in total. The summed E-state index contributed by atoms with van der Waals surface area (Å²) in [4.78, 5) is 0. The predicted molar refractivity (Wildman–Crippen MR) is 45.8 cm³/mol. The number of rotatable bonds is 1. The molecule has 0 radical (unpaired) electrons. The predicted octanol–water partition coefficient (Wildman–Crippen LogP) is 3.31. The van der Waals surface area contributed by atoms with Gasteiger partial charge in [0, 0.05) is 11.1 Å². The van der Waals surface area contributed by atoms with E-state index in [0.29, 0.717) is 11.1 Å². The van der Waals surface area contributed by atoms with E-state index in [1.807, 2.05) is 0 Å². The van der Waals surface area contributed by atoms with E-state index in [2.05, 4.69) is 6.58 Å². The summed E-state index contributed by atoms with van der Waals surface area (Å²) in [6.07, 6.45) is 0. The van der Waals surface area contributed by atoms with Gasteiger partial charge in [-0.15, -0.1) is 0 Å². The van der Waals surface area contributed by atoms with Gasteiger partial charge in [-0.3, -0.25) is 0 Å². The Bertz CT molecular complexity index is 327. The zero-order valence-electron chi connectivity index (χ0n) is 7.12. The van der Waals surface area contributed by atoms with Crippen LogP contribution in [-0.2, 0) is 0 Å². The quantitative estimate of drug-likeness (QED) is 0.603. The van der Waals surface area contributed by atoms with Gasteiger partial charge < -0.3 is 0 Å². The minimum absolute atomic E-state index is 0.0514. The first kappa shape index (κ1) is 8.91. The van der Waals surface area contributed by atoms with E-state index in [1.54, 1.807) is 6.92 Å². The van der Waals surface area contributed by atoms with Gasteiger partial charge in [0.05, 0.1) is 0 Å². The Kier molecular flexibility index (Phi) is 2.27. The van der Waals surface area contributed by atoms with Gasteiger partial charge in [0.2, 0.25) is 0 Å². The SMILES string of the molecule is C=C(C)c1ccc(F)c(C)c1F. The Hall–Kier alpha value is -1.18. The molecule has 1 rings (SSSR count). The summed E-state index contributed by atoms with van der Waals surface area (Å²) in [5.41, 5.74) is 1.04. The fourth-order valence-corrected chi connectivity index (χ4v) is 0.991. The zero-order valence-corrected chi connectivity index (χ0v) is 7.12. The maximum Gasteiger partial charge on any atom is 0.136 e. The van der Waals surface area contributed by atoms with Gasteiger partial charge in [-0.05, 0) is 31.6 Å². The third-order valence-corrected chi connectivity index (χ3v) is 1.78. The zero-order chi connectivity index (χ0) is 9.30. The van der Waals surface area contributed by atoms with Crippen molar-refractivity contribution < 1.29 is 8.78 Å². The van der Waals surface area contributed by atoms with Gasteiger partial charge in [-0.2, -0.15) is 0 Å². The van der Waals surface area contributed by atoms with Crippen LogP contribution in [0.2, 0.25) is 0 Å². The number of allylic oxidation sites excluding steroid dienone is 1. The Morgan fingerprint density at radius 1 is 1.33 bits per heavy atom. The molecule has 0 saturated carbocycles. The van der Waals surface area contributed by atoms with Gasteiger partial charge in [-0.1, -0.05) is 6.58 Å². The number of hydrogen-bond donors (Lipinski definition) is 0. The molecule has 0 atom stereocenters. The summed E-state index contributed by atoms with van der Waals surface area (Å²) >= 11 is 0. The molecule has 64 valence electrons. The van der Waals surface area contributed by atoms with Crippen LogP contribution in [0.5, 0.6) is 0 Å². The third kappa shape index (κ3) is 1.37. The molecule has 0 heterocycles. The molecule has 0 nitrogen and oxygen atoms in total. The highest BCUT2D eigenvalue weighted by atomic mass is 19.1. The van der Waals surface area contributed by atoms with Gasteiger partial charge in [0.15, 0.2) is 0 Å². The van der Waals surface area contributed by atoms with E-state index >= 15 is 0 Å².